The van der Waals surface area contributed by atoms with Gasteiger partial charge in [0.05, 0.1) is 17.1 Å². The quantitative estimate of drug-likeness (QED) is 0.0942. The van der Waals surface area contributed by atoms with Crippen LogP contribution in [0.1, 0.15) is 75.6 Å². The van der Waals surface area contributed by atoms with Crippen molar-refractivity contribution >= 4 is 131 Å². The number of nitrogens with zero attached hydrogens (tertiary/aromatic N) is 2. The third-order valence-corrected chi connectivity index (χ3v) is 17.5. The summed E-state index contributed by atoms with van der Waals surface area (Å²) in [4.78, 5) is 5.35. The average Bonchev–Trinajstić information content (AvgIpc) is 3.95. The molecule has 11 aromatic rings. The molecule has 0 aliphatic carbocycles. The van der Waals surface area contributed by atoms with Crippen LogP contribution in [0.2, 0.25) is 0 Å². The highest BCUT2D eigenvalue weighted by molar-refractivity contribution is 7.40. The van der Waals surface area contributed by atoms with Crippen LogP contribution in [0.5, 0.6) is 0 Å². The van der Waals surface area contributed by atoms with E-state index in [0.717, 1.165) is 51.4 Å². The highest BCUT2D eigenvalue weighted by Crippen LogP contribution is 2.53. The summed E-state index contributed by atoms with van der Waals surface area (Å²) in [5.41, 5.74) is 17.2. The zero-order valence-electron chi connectivity index (χ0n) is 40.0. The summed E-state index contributed by atoms with van der Waals surface area (Å²) in [6.07, 6.45) is 8.72. The number of thiophene rings is 2. The molecule has 2 aliphatic heterocycles. The molecular weight excluding hydrogens is 872 g/mol. The zero-order chi connectivity index (χ0) is 46.3. The van der Waals surface area contributed by atoms with E-state index in [9.17, 15) is 0 Å². The summed E-state index contributed by atoms with van der Waals surface area (Å²) in [5.74, 6) is 0. The molecule has 2 aliphatic rings. The van der Waals surface area contributed by atoms with Crippen LogP contribution in [0.15, 0.2) is 164 Å². The van der Waals surface area contributed by atoms with E-state index < -0.39 is 0 Å². The largest absolute Gasteiger partial charge is 0.310 e. The first-order chi connectivity index (χ1) is 34.1. The van der Waals surface area contributed by atoms with E-state index in [0.29, 0.717) is 0 Å². The van der Waals surface area contributed by atoms with Gasteiger partial charge in [-0.1, -0.05) is 157 Å². The fraction of sp³-hybridized carbons (Fsp3) is 0.188. The first kappa shape index (κ1) is 42.4. The van der Waals surface area contributed by atoms with Crippen molar-refractivity contribution in [2.75, 3.05) is 9.80 Å². The molecule has 0 N–H and O–H groups in total. The smallest absolute Gasteiger partial charge is 0.277 e. The van der Waals surface area contributed by atoms with Gasteiger partial charge in [-0.25, -0.2) is 0 Å². The van der Waals surface area contributed by atoms with E-state index >= 15 is 0 Å². The first-order valence-corrected chi connectivity index (χ1v) is 27.1. The van der Waals surface area contributed by atoms with Gasteiger partial charge in [-0.3, -0.25) is 0 Å². The van der Waals surface area contributed by atoms with Gasteiger partial charge in [0.2, 0.25) is 0 Å². The highest BCUT2D eigenvalue weighted by atomic mass is 32.1. The molecule has 4 heterocycles. The van der Waals surface area contributed by atoms with Crippen molar-refractivity contribution in [3.05, 3.63) is 186 Å². The summed E-state index contributed by atoms with van der Waals surface area (Å²) in [6, 6.07) is 63.9. The molecule has 0 radical (unpaired) electrons. The van der Waals surface area contributed by atoms with Crippen LogP contribution in [0.4, 0.5) is 34.1 Å². The zero-order valence-corrected chi connectivity index (χ0v) is 41.7. The maximum Gasteiger partial charge on any atom is 0.277 e. The molecule has 13 rings (SSSR count). The van der Waals surface area contributed by atoms with Crippen molar-refractivity contribution in [2.24, 2.45) is 0 Å². The van der Waals surface area contributed by atoms with Gasteiger partial charge in [0.25, 0.3) is 6.71 Å². The molecule has 2 nitrogen and oxygen atoms in total. The summed E-state index contributed by atoms with van der Waals surface area (Å²) in [6.45, 7) is 9.27. The molecule has 0 saturated carbocycles. The van der Waals surface area contributed by atoms with Crippen molar-refractivity contribution < 1.29 is 0 Å². The van der Waals surface area contributed by atoms with Crippen molar-refractivity contribution in [3.8, 4) is 11.1 Å². The third-order valence-electron chi connectivity index (χ3n) is 15.0. The van der Waals surface area contributed by atoms with E-state index in [1.54, 1.807) is 0 Å². The lowest BCUT2D eigenvalue weighted by Crippen LogP contribution is -2.59. The molecule has 0 unspecified atom stereocenters. The van der Waals surface area contributed by atoms with Crippen LogP contribution in [-0.4, -0.2) is 6.71 Å². The summed E-state index contributed by atoms with van der Waals surface area (Å²) in [7, 11) is 0. The van der Waals surface area contributed by atoms with Gasteiger partial charge in [-0.15, -0.1) is 22.7 Å². The average molecular weight is 927 g/mol. The van der Waals surface area contributed by atoms with Crippen LogP contribution in [0.3, 0.4) is 0 Å². The van der Waals surface area contributed by atoms with E-state index in [-0.39, 0.29) is 6.71 Å². The van der Waals surface area contributed by atoms with Gasteiger partial charge < -0.3 is 9.80 Å². The fourth-order valence-electron chi connectivity index (χ4n) is 12.1. The molecule has 0 saturated heterocycles. The van der Waals surface area contributed by atoms with E-state index in [1.165, 1.54) is 135 Å². The second-order valence-corrected chi connectivity index (χ2v) is 21.6. The number of rotatable bonds is 11. The Morgan fingerprint density at radius 3 is 1.43 bits per heavy atom. The lowest BCUT2D eigenvalue weighted by molar-refractivity contribution is 0.922. The molecule has 9 aromatic carbocycles. The monoisotopic (exact) mass is 926 g/mol. The maximum absolute atomic E-state index is 2.71. The van der Waals surface area contributed by atoms with Crippen molar-refractivity contribution in [1.29, 1.82) is 0 Å². The fourth-order valence-corrected chi connectivity index (χ4v) is 14.8. The SMILES string of the molecule is CCCc1ccc(N2c3cccc4c3B(c3sc5ccc(CCC)cc5c32)c2sc3ccc(CCC)cc3c2N4c2ccc(CCC)cc2-c2cccc3c4ccccc4c4ccccc4c23)cc1. The van der Waals surface area contributed by atoms with Crippen LogP contribution in [0, 0.1) is 0 Å². The van der Waals surface area contributed by atoms with Crippen LogP contribution in [0.25, 0.3) is 63.6 Å². The first-order valence-electron chi connectivity index (χ1n) is 25.4. The molecule has 0 fully saturated rings. The third kappa shape index (κ3) is 6.64. The topological polar surface area (TPSA) is 6.48 Å². The van der Waals surface area contributed by atoms with Gasteiger partial charge >= 0.3 is 0 Å². The van der Waals surface area contributed by atoms with Gasteiger partial charge in [-0.2, -0.15) is 0 Å². The predicted molar refractivity (Wildman–Crippen MR) is 305 cm³/mol. The Bertz CT molecular complexity index is 3780. The van der Waals surface area contributed by atoms with Crippen molar-refractivity contribution in [2.45, 2.75) is 79.1 Å². The Morgan fingerprint density at radius 1 is 0.377 bits per heavy atom. The summed E-state index contributed by atoms with van der Waals surface area (Å²) < 4.78 is 5.61. The molecule has 2 aromatic heterocycles. The highest BCUT2D eigenvalue weighted by Gasteiger charge is 2.47. The van der Waals surface area contributed by atoms with Gasteiger partial charge in [-0.05, 0) is 152 Å². The molecule has 69 heavy (non-hydrogen) atoms. The van der Waals surface area contributed by atoms with Crippen LogP contribution in [-0.2, 0) is 25.7 Å². The molecule has 5 heteroatoms. The number of hydrogen-bond acceptors (Lipinski definition) is 4. The Morgan fingerprint density at radius 2 is 0.841 bits per heavy atom. The molecule has 0 atom stereocenters. The Hall–Kier alpha value is -6.66. The van der Waals surface area contributed by atoms with E-state index in [1.807, 2.05) is 22.7 Å². The number of aryl methyl sites for hydroxylation is 4. The Kier molecular flexibility index (Phi) is 10.5. The number of anilines is 6. The number of fused-ring (bicyclic) bond motifs is 14. The number of benzene rings is 9. The van der Waals surface area contributed by atoms with Crippen molar-refractivity contribution in [3.63, 3.8) is 0 Å². The minimum absolute atomic E-state index is 0.0859. The van der Waals surface area contributed by atoms with Crippen LogP contribution >= 0.6 is 22.7 Å². The van der Waals surface area contributed by atoms with Crippen molar-refractivity contribution in [1.82, 2.24) is 0 Å². The van der Waals surface area contributed by atoms with Gasteiger partial charge in [0, 0.05) is 52.4 Å². The lowest BCUT2D eigenvalue weighted by atomic mass is 9.39. The van der Waals surface area contributed by atoms with Gasteiger partial charge in [0.1, 0.15) is 0 Å². The normalized spacial score (nSPS) is 13.0. The standard InChI is InChI=1S/C64H55BN2S2/c1-5-15-40-27-32-44(33-28-40)66-55-25-14-26-56-60(55)65(63-61(66)52-38-42(17-7-3)30-35-57(52)68-63)64-62(53-39-43(18-8-4)31-36-58(53)69-64)67(56)54-34-29-41(16-6-2)37-51(54)50-24-13-23-49-47-20-10-9-19-45(47)46-21-11-12-22-48(46)59(49)50/h9-14,19-39H,5-8,15-18H2,1-4H3. The molecule has 0 amide bonds. The minimum Gasteiger partial charge on any atom is -0.310 e. The lowest BCUT2D eigenvalue weighted by Gasteiger charge is -2.42. The minimum atomic E-state index is 0.0859. The second kappa shape index (κ2) is 17.1. The molecule has 0 bridgehead atoms. The Labute approximate surface area is 414 Å². The number of hydrogen-bond donors (Lipinski definition) is 0. The molecule has 0 spiro atoms. The van der Waals surface area contributed by atoms with Gasteiger partial charge in [0.15, 0.2) is 0 Å². The predicted octanol–water partition coefficient (Wildman–Crippen LogP) is 17.1. The molecular formula is C64H55BN2S2. The van der Waals surface area contributed by atoms with E-state index in [2.05, 4.69) is 201 Å². The van der Waals surface area contributed by atoms with Crippen LogP contribution < -0.4 is 24.8 Å². The summed E-state index contributed by atoms with van der Waals surface area (Å²) in [5, 5.41) is 10.6. The summed E-state index contributed by atoms with van der Waals surface area (Å²) >= 11 is 4.03. The molecule has 336 valence electrons. The second-order valence-electron chi connectivity index (χ2n) is 19.4. The Balaban J connectivity index is 1.14. The maximum atomic E-state index is 2.71. The van der Waals surface area contributed by atoms with E-state index in [4.69, 9.17) is 0 Å².